The molecular weight excluding hydrogens is 829 g/mol. The summed E-state index contributed by atoms with van der Waals surface area (Å²) in [7, 11) is 0. The predicted octanol–water partition coefficient (Wildman–Crippen LogP) is 17.0. The van der Waals surface area contributed by atoms with E-state index in [2.05, 4.69) is 156 Å². The highest BCUT2D eigenvalue weighted by atomic mass is 32.1. The fraction of sp³-hybridized carbons (Fsp3) is 0.344. The summed E-state index contributed by atoms with van der Waals surface area (Å²) >= 11 is 1.98. The Labute approximate surface area is 401 Å². The van der Waals surface area contributed by atoms with E-state index in [0.717, 1.165) is 12.8 Å². The number of hydrogen-bond acceptors (Lipinski definition) is 3. The molecule has 1 aromatic heterocycles. The molecule has 6 aromatic rings. The molecule has 1 aliphatic heterocycles. The highest BCUT2D eigenvalue weighted by Crippen LogP contribution is 2.69. The third-order valence-electron chi connectivity index (χ3n) is 18.2. The van der Waals surface area contributed by atoms with Crippen molar-refractivity contribution in [3.05, 3.63) is 207 Å². The third kappa shape index (κ3) is 6.36. The molecule has 2 saturated carbocycles. The lowest BCUT2D eigenvalue weighted by molar-refractivity contribution is 0.273. The van der Waals surface area contributed by atoms with E-state index in [1.54, 1.807) is 16.7 Å². The molecule has 0 amide bonds. The van der Waals surface area contributed by atoms with Crippen LogP contribution in [0.25, 0.3) is 36.9 Å². The van der Waals surface area contributed by atoms with Gasteiger partial charge in [0.2, 0.25) is 0 Å². The first-order valence-electron chi connectivity index (χ1n) is 26.2. The normalized spacial score (nSPS) is 25.9. The van der Waals surface area contributed by atoms with Gasteiger partial charge in [-0.1, -0.05) is 183 Å². The van der Waals surface area contributed by atoms with Crippen LogP contribution in [0.4, 0.5) is 0 Å². The van der Waals surface area contributed by atoms with Gasteiger partial charge in [-0.25, -0.2) is 0 Å². The third-order valence-corrected chi connectivity index (χ3v) is 19.5. The molecule has 0 radical (unpaired) electrons. The SMILES string of the molecule is C1=C(C2=CC(c3cccc4c3sc3ccc(-c5cccc6c5C5CC7=C(C=C5C65CCCCC5)C5CCCC=C5C75CCCCC5)cc34)NC(c3ccccc3)N2)CCC(c2ccccc2)=C1. The molecule has 5 aromatic carbocycles. The molecule has 0 saturated heterocycles. The van der Waals surface area contributed by atoms with Crippen molar-refractivity contribution >= 4 is 37.1 Å². The Morgan fingerprint density at radius 2 is 1.37 bits per heavy atom. The van der Waals surface area contributed by atoms with Gasteiger partial charge in [0.25, 0.3) is 0 Å². The summed E-state index contributed by atoms with van der Waals surface area (Å²) in [5.41, 5.74) is 22.1. The van der Waals surface area contributed by atoms with Gasteiger partial charge in [0, 0.05) is 48.5 Å². The van der Waals surface area contributed by atoms with Crippen molar-refractivity contribution in [3.8, 4) is 11.1 Å². The second kappa shape index (κ2) is 16.1. The maximum Gasteiger partial charge on any atom is 0.104 e. The van der Waals surface area contributed by atoms with E-state index in [9.17, 15) is 0 Å². The van der Waals surface area contributed by atoms with E-state index in [1.807, 2.05) is 28.1 Å². The second-order valence-corrected chi connectivity index (χ2v) is 22.5. The summed E-state index contributed by atoms with van der Waals surface area (Å²) in [6.07, 6.45) is 33.8. The van der Waals surface area contributed by atoms with Crippen molar-refractivity contribution in [2.75, 3.05) is 0 Å². The second-order valence-electron chi connectivity index (χ2n) is 21.5. The van der Waals surface area contributed by atoms with Gasteiger partial charge in [0.05, 0.1) is 6.04 Å². The van der Waals surface area contributed by atoms with Crippen molar-refractivity contribution in [3.63, 3.8) is 0 Å². The van der Waals surface area contributed by atoms with E-state index in [1.165, 1.54) is 155 Å². The molecule has 3 heteroatoms. The van der Waals surface area contributed by atoms with Crippen LogP contribution in [0, 0.1) is 11.3 Å². The minimum Gasteiger partial charge on any atom is -0.366 e. The van der Waals surface area contributed by atoms with Gasteiger partial charge in [0.1, 0.15) is 6.17 Å². The maximum absolute atomic E-state index is 4.06. The van der Waals surface area contributed by atoms with E-state index in [4.69, 9.17) is 0 Å². The summed E-state index contributed by atoms with van der Waals surface area (Å²) in [5.74, 6) is 1.17. The fourth-order valence-electron chi connectivity index (χ4n) is 15.3. The standard InChI is InChI=1S/C64H62N2S/c1-5-17-41(18-6-1)42-27-29-43(30-28-42)57-40-58(66-62(65-57)44-19-7-2-8-20-44)49-24-15-23-48-51-37-45(31-32-59(51)67-61(48)49)46-22-16-26-54-60(46)52-39-55-50(38-56(52)64(54)35-13-4-14-36-64)47-21-9-10-25-53(47)63(55)33-11-3-12-34-63/h1-2,5-8,15-20,22-27,29,31-32,37-38,40,47,52,58,62,65-66H,3-4,9-14,21,28,30,33-36,39H2. The first-order chi connectivity index (χ1) is 33.1. The number of nitrogens with one attached hydrogen (secondary N) is 2. The van der Waals surface area contributed by atoms with Crippen molar-refractivity contribution in [1.29, 1.82) is 0 Å². The van der Waals surface area contributed by atoms with Crippen LogP contribution >= 0.6 is 11.3 Å². The number of allylic oxidation sites excluding steroid dienone is 10. The van der Waals surface area contributed by atoms with Crippen molar-refractivity contribution in [2.45, 2.75) is 126 Å². The molecule has 2 N–H and O–H groups in total. The molecule has 2 spiro atoms. The van der Waals surface area contributed by atoms with Gasteiger partial charge in [-0.3, -0.25) is 5.32 Å². The Balaban J connectivity index is 0.863. The van der Waals surface area contributed by atoms with Crippen LogP contribution in [0.3, 0.4) is 0 Å². The van der Waals surface area contributed by atoms with E-state index < -0.39 is 0 Å². The van der Waals surface area contributed by atoms with Gasteiger partial charge in [-0.05, 0) is 138 Å². The monoisotopic (exact) mass is 890 g/mol. The minimum absolute atomic E-state index is 0.000888. The molecule has 7 aliphatic carbocycles. The first-order valence-corrected chi connectivity index (χ1v) is 27.0. The van der Waals surface area contributed by atoms with Crippen LogP contribution in [0.2, 0.25) is 0 Å². The zero-order chi connectivity index (χ0) is 44.1. The molecule has 4 unspecified atom stereocenters. The molecule has 8 aliphatic rings. The molecule has 67 heavy (non-hydrogen) atoms. The first kappa shape index (κ1) is 40.6. The lowest BCUT2D eigenvalue weighted by Crippen LogP contribution is -2.40. The summed E-state index contributed by atoms with van der Waals surface area (Å²) in [6.45, 7) is 0. The van der Waals surface area contributed by atoms with Crippen LogP contribution < -0.4 is 10.6 Å². The average molecular weight is 891 g/mol. The molecule has 14 rings (SSSR count). The summed E-state index contributed by atoms with van der Waals surface area (Å²) in [5, 5.41) is 10.8. The van der Waals surface area contributed by atoms with Gasteiger partial charge in [0.15, 0.2) is 0 Å². The van der Waals surface area contributed by atoms with Crippen molar-refractivity contribution in [2.24, 2.45) is 11.3 Å². The lowest BCUT2D eigenvalue weighted by Gasteiger charge is -2.42. The topological polar surface area (TPSA) is 24.1 Å². The molecule has 4 atom stereocenters. The number of hydrogen-bond donors (Lipinski definition) is 2. The highest BCUT2D eigenvalue weighted by molar-refractivity contribution is 7.26. The Morgan fingerprint density at radius 1 is 0.612 bits per heavy atom. The largest absolute Gasteiger partial charge is 0.366 e. The molecule has 334 valence electrons. The van der Waals surface area contributed by atoms with Crippen LogP contribution in [0.1, 0.15) is 149 Å². The quantitative estimate of drug-likeness (QED) is 0.169. The van der Waals surface area contributed by atoms with Crippen LogP contribution in [-0.2, 0) is 5.41 Å². The van der Waals surface area contributed by atoms with Crippen molar-refractivity contribution < 1.29 is 0 Å². The summed E-state index contributed by atoms with van der Waals surface area (Å²) in [4.78, 5) is 0. The summed E-state index contributed by atoms with van der Waals surface area (Å²) in [6, 6.07) is 44.0. The van der Waals surface area contributed by atoms with Gasteiger partial charge in [-0.15, -0.1) is 11.3 Å². The van der Waals surface area contributed by atoms with Gasteiger partial charge in [-0.2, -0.15) is 0 Å². The zero-order valence-corrected chi connectivity index (χ0v) is 39.7. The lowest BCUT2D eigenvalue weighted by atomic mass is 9.62. The van der Waals surface area contributed by atoms with Crippen molar-refractivity contribution in [1.82, 2.24) is 10.6 Å². The molecule has 0 bridgehead atoms. The van der Waals surface area contributed by atoms with Crippen LogP contribution in [-0.4, -0.2) is 0 Å². The highest BCUT2D eigenvalue weighted by Gasteiger charge is 2.56. The average Bonchev–Trinajstić information content (AvgIpc) is 4.00. The van der Waals surface area contributed by atoms with Gasteiger partial charge < -0.3 is 5.32 Å². The van der Waals surface area contributed by atoms with E-state index in [-0.39, 0.29) is 17.6 Å². The number of fused-ring (bicyclic) bond motifs is 12. The summed E-state index contributed by atoms with van der Waals surface area (Å²) < 4.78 is 2.77. The Bertz CT molecular complexity index is 3160. The smallest absolute Gasteiger partial charge is 0.104 e. The van der Waals surface area contributed by atoms with Gasteiger partial charge >= 0.3 is 0 Å². The number of rotatable bonds is 5. The Hall–Kier alpha value is -5.48. The van der Waals surface area contributed by atoms with E-state index in [0.29, 0.717) is 17.3 Å². The van der Waals surface area contributed by atoms with Crippen LogP contribution in [0.15, 0.2) is 179 Å². The molecule has 2 fully saturated rings. The zero-order valence-electron chi connectivity index (χ0n) is 38.9. The molecule has 2 heterocycles. The Morgan fingerprint density at radius 3 is 2.18 bits per heavy atom. The predicted molar refractivity (Wildman–Crippen MR) is 281 cm³/mol. The Kier molecular flexibility index (Phi) is 9.73. The van der Waals surface area contributed by atoms with Crippen LogP contribution in [0.5, 0.6) is 0 Å². The number of thiophene rings is 1. The molecular formula is C64H62N2S. The maximum atomic E-state index is 4.06. The molecule has 2 nitrogen and oxygen atoms in total. The fourth-order valence-corrected chi connectivity index (χ4v) is 16.5. The minimum atomic E-state index is -0.000888. The van der Waals surface area contributed by atoms with E-state index >= 15 is 0 Å². The number of benzene rings is 5.